The second-order valence-corrected chi connectivity index (χ2v) is 7.21. The molecule has 1 aliphatic rings. The molecule has 0 radical (unpaired) electrons. The van der Waals surface area contributed by atoms with E-state index >= 15 is 0 Å². The first-order valence-electron chi connectivity index (χ1n) is 8.61. The van der Waals surface area contributed by atoms with Crippen molar-refractivity contribution in [3.05, 3.63) is 55.4 Å². The number of aromatic nitrogens is 3. The minimum Gasteiger partial charge on any atom is -0.485 e. The molecule has 2 aromatic rings. The van der Waals surface area contributed by atoms with Crippen LogP contribution < -0.4 is 14.8 Å². The summed E-state index contributed by atoms with van der Waals surface area (Å²) in [5.74, 6) is 1.95. The molecule has 0 bridgehead atoms. The Kier molecular flexibility index (Phi) is 6.18. The van der Waals surface area contributed by atoms with Crippen LogP contribution in [0.3, 0.4) is 0 Å². The maximum absolute atomic E-state index is 12.1. The van der Waals surface area contributed by atoms with Gasteiger partial charge >= 0.3 is 0 Å². The lowest BCUT2D eigenvalue weighted by Crippen LogP contribution is -2.31. The van der Waals surface area contributed by atoms with Crippen molar-refractivity contribution in [3.63, 3.8) is 0 Å². The zero-order chi connectivity index (χ0) is 19.2. The highest BCUT2D eigenvalue weighted by atomic mass is 32.2. The van der Waals surface area contributed by atoms with Gasteiger partial charge in [-0.3, -0.25) is 9.36 Å². The van der Waals surface area contributed by atoms with E-state index < -0.39 is 0 Å². The molecule has 1 N–H and O–H groups in total. The SMILES string of the molecule is C=CCNC(=O)[C@@H](C)Sc1nnc([C@@H]2COc3ccccc3O2)n1CC=C. The monoisotopic (exact) mass is 386 g/mol. The van der Waals surface area contributed by atoms with Crippen LogP contribution in [0.4, 0.5) is 0 Å². The fourth-order valence-corrected chi connectivity index (χ4v) is 3.49. The second-order valence-electron chi connectivity index (χ2n) is 5.90. The lowest BCUT2D eigenvalue weighted by atomic mass is 10.2. The van der Waals surface area contributed by atoms with Gasteiger partial charge in [0.15, 0.2) is 28.6 Å². The smallest absolute Gasteiger partial charge is 0.233 e. The summed E-state index contributed by atoms with van der Waals surface area (Å²) < 4.78 is 13.7. The lowest BCUT2D eigenvalue weighted by molar-refractivity contribution is -0.120. The third-order valence-corrected chi connectivity index (χ3v) is 5.01. The third-order valence-electron chi connectivity index (χ3n) is 3.93. The Morgan fingerprint density at radius 1 is 1.37 bits per heavy atom. The number of allylic oxidation sites excluding steroid dienone is 1. The van der Waals surface area contributed by atoms with E-state index in [1.54, 1.807) is 12.2 Å². The first kappa shape index (κ1) is 19.0. The largest absolute Gasteiger partial charge is 0.485 e. The number of para-hydroxylation sites is 2. The van der Waals surface area contributed by atoms with E-state index in [2.05, 4.69) is 28.7 Å². The molecule has 2 heterocycles. The van der Waals surface area contributed by atoms with Crippen molar-refractivity contribution in [1.29, 1.82) is 0 Å². The average Bonchev–Trinajstić information content (AvgIpc) is 3.08. The predicted octanol–water partition coefficient (Wildman–Crippen LogP) is 2.76. The van der Waals surface area contributed by atoms with Gasteiger partial charge in [-0.2, -0.15) is 0 Å². The summed E-state index contributed by atoms with van der Waals surface area (Å²) in [5, 5.41) is 11.7. The van der Waals surface area contributed by atoms with Gasteiger partial charge in [-0.15, -0.1) is 23.4 Å². The molecule has 142 valence electrons. The molecule has 1 amide bonds. The Morgan fingerprint density at radius 3 is 2.89 bits per heavy atom. The number of thioether (sulfide) groups is 1. The number of nitrogens with zero attached hydrogens (tertiary/aromatic N) is 3. The van der Waals surface area contributed by atoms with E-state index in [-0.39, 0.29) is 17.3 Å². The minimum absolute atomic E-state index is 0.0826. The fraction of sp³-hybridized carbons (Fsp3) is 0.316. The molecule has 0 aliphatic carbocycles. The molecule has 0 spiro atoms. The minimum atomic E-state index is -0.383. The Labute approximate surface area is 162 Å². The van der Waals surface area contributed by atoms with Crippen LogP contribution in [-0.4, -0.2) is 39.1 Å². The first-order chi connectivity index (χ1) is 13.1. The maximum Gasteiger partial charge on any atom is 0.233 e. The molecule has 3 rings (SSSR count). The van der Waals surface area contributed by atoms with Gasteiger partial charge in [0.1, 0.15) is 6.61 Å². The van der Waals surface area contributed by atoms with E-state index in [4.69, 9.17) is 9.47 Å². The molecular formula is C19H22N4O3S. The summed E-state index contributed by atoms with van der Waals surface area (Å²) >= 11 is 1.34. The molecule has 7 nitrogen and oxygen atoms in total. The highest BCUT2D eigenvalue weighted by Crippen LogP contribution is 2.36. The number of nitrogens with one attached hydrogen (secondary N) is 1. The summed E-state index contributed by atoms with van der Waals surface area (Å²) in [4.78, 5) is 12.1. The molecule has 1 aromatic heterocycles. The van der Waals surface area contributed by atoms with Gasteiger partial charge in [0.05, 0.1) is 5.25 Å². The molecule has 27 heavy (non-hydrogen) atoms. The zero-order valence-corrected chi connectivity index (χ0v) is 15.9. The molecular weight excluding hydrogens is 364 g/mol. The molecule has 0 fully saturated rings. The van der Waals surface area contributed by atoms with Crippen LogP contribution in [0.25, 0.3) is 0 Å². The van der Waals surface area contributed by atoms with Crippen molar-refractivity contribution < 1.29 is 14.3 Å². The molecule has 0 unspecified atom stereocenters. The fourth-order valence-electron chi connectivity index (χ4n) is 2.60. The van der Waals surface area contributed by atoms with Gasteiger partial charge in [-0.25, -0.2) is 0 Å². The predicted molar refractivity (Wildman–Crippen MR) is 104 cm³/mol. The molecule has 0 saturated carbocycles. The Morgan fingerprint density at radius 2 is 2.15 bits per heavy atom. The van der Waals surface area contributed by atoms with E-state index in [1.807, 2.05) is 35.8 Å². The van der Waals surface area contributed by atoms with Crippen molar-refractivity contribution in [1.82, 2.24) is 20.1 Å². The summed E-state index contributed by atoms with van der Waals surface area (Å²) in [6, 6.07) is 7.52. The van der Waals surface area contributed by atoms with Crippen LogP contribution >= 0.6 is 11.8 Å². The van der Waals surface area contributed by atoms with Crippen LogP contribution in [0.1, 0.15) is 18.9 Å². The lowest BCUT2D eigenvalue weighted by Gasteiger charge is -2.26. The normalized spacial score (nSPS) is 16.4. The van der Waals surface area contributed by atoms with E-state index in [1.165, 1.54) is 11.8 Å². The van der Waals surface area contributed by atoms with E-state index in [0.29, 0.717) is 42.2 Å². The molecule has 0 saturated heterocycles. The standard InChI is InChI=1S/C19H22N4O3S/c1-4-10-20-18(24)13(3)27-19-22-21-17(23(19)11-5-2)16-12-25-14-8-6-7-9-15(14)26-16/h4-9,13,16H,1-2,10-12H2,3H3,(H,20,24)/t13-,16+/m1/s1. The maximum atomic E-state index is 12.1. The number of carbonyl (C=O) groups excluding carboxylic acids is 1. The van der Waals surface area contributed by atoms with Crippen LogP contribution in [0.15, 0.2) is 54.7 Å². The Hall–Kier alpha value is -2.74. The Bertz CT molecular complexity index is 836. The van der Waals surface area contributed by atoms with Crippen molar-refractivity contribution in [2.75, 3.05) is 13.2 Å². The van der Waals surface area contributed by atoms with Crippen molar-refractivity contribution in [3.8, 4) is 11.5 Å². The number of rotatable bonds is 8. The highest BCUT2D eigenvalue weighted by molar-refractivity contribution is 8.00. The Balaban J connectivity index is 1.78. The second kappa shape index (κ2) is 8.77. The van der Waals surface area contributed by atoms with Crippen molar-refractivity contribution >= 4 is 17.7 Å². The highest BCUT2D eigenvalue weighted by Gasteiger charge is 2.29. The average molecular weight is 386 g/mol. The summed E-state index contributed by atoms with van der Waals surface area (Å²) in [5.41, 5.74) is 0. The van der Waals surface area contributed by atoms with Gasteiger partial charge in [-0.05, 0) is 19.1 Å². The third kappa shape index (κ3) is 4.33. The summed E-state index contributed by atoms with van der Waals surface area (Å²) in [7, 11) is 0. The van der Waals surface area contributed by atoms with Crippen molar-refractivity contribution in [2.45, 2.75) is 30.0 Å². The van der Waals surface area contributed by atoms with Gasteiger partial charge in [0.2, 0.25) is 5.91 Å². The van der Waals surface area contributed by atoms with Gasteiger partial charge in [-0.1, -0.05) is 36.0 Å². The van der Waals surface area contributed by atoms with Crippen LogP contribution in [0.5, 0.6) is 11.5 Å². The summed E-state index contributed by atoms with van der Waals surface area (Å²) in [6.45, 7) is 10.5. The summed E-state index contributed by atoms with van der Waals surface area (Å²) in [6.07, 6.45) is 3.02. The number of hydrogen-bond donors (Lipinski definition) is 1. The molecule has 2 atom stereocenters. The number of hydrogen-bond acceptors (Lipinski definition) is 6. The first-order valence-corrected chi connectivity index (χ1v) is 9.49. The number of carbonyl (C=O) groups is 1. The quantitative estimate of drug-likeness (QED) is 0.555. The van der Waals surface area contributed by atoms with Crippen LogP contribution in [0, 0.1) is 0 Å². The van der Waals surface area contributed by atoms with Gasteiger partial charge in [0.25, 0.3) is 0 Å². The molecule has 1 aliphatic heterocycles. The van der Waals surface area contributed by atoms with Gasteiger partial charge < -0.3 is 14.8 Å². The topological polar surface area (TPSA) is 78.3 Å². The number of amides is 1. The van der Waals surface area contributed by atoms with E-state index in [0.717, 1.165) is 0 Å². The number of ether oxygens (including phenoxy) is 2. The zero-order valence-electron chi connectivity index (χ0n) is 15.1. The number of fused-ring (bicyclic) bond motifs is 1. The number of benzene rings is 1. The van der Waals surface area contributed by atoms with E-state index in [9.17, 15) is 4.79 Å². The van der Waals surface area contributed by atoms with Gasteiger partial charge in [0, 0.05) is 13.1 Å². The molecule has 1 aromatic carbocycles. The van der Waals surface area contributed by atoms with Crippen molar-refractivity contribution in [2.24, 2.45) is 0 Å². The van der Waals surface area contributed by atoms with Crippen LogP contribution in [0.2, 0.25) is 0 Å². The van der Waals surface area contributed by atoms with Crippen LogP contribution in [-0.2, 0) is 11.3 Å². The molecule has 8 heteroatoms.